The predicted molar refractivity (Wildman–Crippen MR) is 66.2 cm³/mol. The maximum absolute atomic E-state index is 12.1. The molecule has 16 heavy (non-hydrogen) atoms. The van der Waals surface area contributed by atoms with Crippen LogP contribution in [0.5, 0.6) is 0 Å². The number of nitrogens with zero attached hydrogens (tertiary/aromatic N) is 1. The van der Waals surface area contributed by atoms with Crippen LogP contribution in [0.1, 0.15) is 18.1 Å². The van der Waals surface area contributed by atoms with E-state index in [4.69, 9.17) is 11.6 Å². The number of alkyl halides is 1. The zero-order valence-electron chi connectivity index (χ0n) is 9.70. The van der Waals surface area contributed by atoms with Crippen molar-refractivity contribution in [1.29, 1.82) is 0 Å². The van der Waals surface area contributed by atoms with Gasteiger partial charge in [0.1, 0.15) is 0 Å². The van der Waals surface area contributed by atoms with Crippen LogP contribution in [-0.2, 0) is 22.3 Å². The molecule has 0 heterocycles. The molecule has 0 spiro atoms. The second kappa shape index (κ2) is 5.17. The van der Waals surface area contributed by atoms with Gasteiger partial charge in [0.2, 0.25) is 10.0 Å². The SMILES string of the molecule is CCc1ccc(CCl)cc1S(=O)(=O)N(C)C. The summed E-state index contributed by atoms with van der Waals surface area (Å²) in [7, 11) is -0.318. The van der Waals surface area contributed by atoms with Crippen LogP contribution in [0, 0.1) is 0 Å². The van der Waals surface area contributed by atoms with E-state index in [1.165, 1.54) is 18.4 Å². The lowest BCUT2D eigenvalue weighted by atomic mass is 10.1. The van der Waals surface area contributed by atoms with Crippen LogP contribution >= 0.6 is 11.6 Å². The van der Waals surface area contributed by atoms with Crippen molar-refractivity contribution < 1.29 is 8.42 Å². The van der Waals surface area contributed by atoms with Gasteiger partial charge < -0.3 is 0 Å². The van der Waals surface area contributed by atoms with Crippen molar-refractivity contribution in [3.63, 3.8) is 0 Å². The van der Waals surface area contributed by atoms with Gasteiger partial charge in [-0.05, 0) is 23.6 Å². The third-order valence-corrected chi connectivity index (χ3v) is 4.63. The van der Waals surface area contributed by atoms with Gasteiger partial charge in [0.15, 0.2) is 0 Å². The number of rotatable bonds is 4. The van der Waals surface area contributed by atoms with E-state index < -0.39 is 10.0 Å². The molecule has 0 bridgehead atoms. The van der Waals surface area contributed by atoms with Crippen LogP contribution in [0.25, 0.3) is 0 Å². The summed E-state index contributed by atoms with van der Waals surface area (Å²) in [6.45, 7) is 1.93. The molecule has 0 amide bonds. The van der Waals surface area contributed by atoms with Crippen LogP contribution in [0.2, 0.25) is 0 Å². The van der Waals surface area contributed by atoms with Gasteiger partial charge in [-0.15, -0.1) is 11.6 Å². The first kappa shape index (κ1) is 13.5. The highest BCUT2D eigenvalue weighted by molar-refractivity contribution is 7.89. The summed E-state index contributed by atoms with van der Waals surface area (Å²) in [5.74, 6) is 0.319. The average molecular weight is 262 g/mol. The minimum atomic E-state index is -3.38. The fourth-order valence-corrected chi connectivity index (χ4v) is 2.81. The van der Waals surface area contributed by atoms with Crippen molar-refractivity contribution in [3.8, 4) is 0 Å². The highest BCUT2D eigenvalue weighted by Crippen LogP contribution is 2.21. The topological polar surface area (TPSA) is 37.4 Å². The summed E-state index contributed by atoms with van der Waals surface area (Å²) in [4.78, 5) is 0.359. The maximum Gasteiger partial charge on any atom is 0.242 e. The van der Waals surface area contributed by atoms with E-state index in [9.17, 15) is 8.42 Å². The van der Waals surface area contributed by atoms with Gasteiger partial charge in [-0.3, -0.25) is 0 Å². The Morgan fingerprint density at radius 1 is 1.31 bits per heavy atom. The molecule has 90 valence electrons. The molecule has 5 heteroatoms. The van der Waals surface area contributed by atoms with Gasteiger partial charge in [-0.25, -0.2) is 12.7 Å². The fraction of sp³-hybridized carbons (Fsp3) is 0.455. The van der Waals surface area contributed by atoms with Crippen molar-refractivity contribution in [1.82, 2.24) is 4.31 Å². The van der Waals surface area contributed by atoms with Crippen molar-refractivity contribution >= 4 is 21.6 Å². The third kappa shape index (κ3) is 2.56. The monoisotopic (exact) mass is 261 g/mol. The Morgan fingerprint density at radius 3 is 2.38 bits per heavy atom. The second-order valence-electron chi connectivity index (χ2n) is 3.72. The average Bonchev–Trinajstić information content (AvgIpc) is 2.27. The molecule has 0 saturated heterocycles. The number of hydrogen-bond acceptors (Lipinski definition) is 2. The van der Waals surface area contributed by atoms with Crippen LogP contribution in [0.4, 0.5) is 0 Å². The lowest BCUT2D eigenvalue weighted by Gasteiger charge is -2.15. The minimum Gasteiger partial charge on any atom is -0.207 e. The molecule has 1 aromatic carbocycles. The predicted octanol–water partition coefficient (Wildman–Crippen LogP) is 2.24. The van der Waals surface area contributed by atoms with Gasteiger partial charge in [-0.1, -0.05) is 19.1 Å². The van der Waals surface area contributed by atoms with Crippen molar-refractivity contribution in [2.45, 2.75) is 24.1 Å². The van der Waals surface area contributed by atoms with E-state index in [-0.39, 0.29) is 0 Å². The highest BCUT2D eigenvalue weighted by Gasteiger charge is 2.20. The summed E-state index contributed by atoms with van der Waals surface area (Å²) in [5.41, 5.74) is 1.64. The Morgan fingerprint density at radius 2 is 1.94 bits per heavy atom. The lowest BCUT2D eigenvalue weighted by molar-refractivity contribution is 0.519. The van der Waals surface area contributed by atoms with Gasteiger partial charge in [0, 0.05) is 20.0 Å². The van der Waals surface area contributed by atoms with Crippen LogP contribution in [0.3, 0.4) is 0 Å². The number of sulfonamides is 1. The lowest BCUT2D eigenvalue weighted by Crippen LogP contribution is -2.23. The molecule has 0 saturated carbocycles. The van der Waals surface area contributed by atoms with Crippen molar-refractivity contribution in [2.75, 3.05) is 14.1 Å². The smallest absolute Gasteiger partial charge is 0.207 e. The Balaban J connectivity index is 3.41. The normalized spacial score (nSPS) is 12.1. The van der Waals surface area contributed by atoms with Gasteiger partial charge in [0.05, 0.1) is 4.90 Å². The van der Waals surface area contributed by atoms with Crippen molar-refractivity contribution in [2.24, 2.45) is 0 Å². The van der Waals surface area contributed by atoms with Crippen LogP contribution in [0.15, 0.2) is 23.1 Å². The Kier molecular flexibility index (Phi) is 4.35. The standard InChI is InChI=1S/C11H16ClNO2S/c1-4-10-6-5-9(8-12)7-11(10)16(14,15)13(2)3/h5-7H,4,8H2,1-3H3. The van der Waals surface area contributed by atoms with E-state index in [1.807, 2.05) is 19.1 Å². The van der Waals surface area contributed by atoms with Gasteiger partial charge >= 0.3 is 0 Å². The molecule has 0 aliphatic heterocycles. The Bertz CT molecular complexity index is 469. The molecule has 1 aromatic rings. The van der Waals surface area contributed by atoms with Crippen LogP contribution < -0.4 is 0 Å². The zero-order valence-corrected chi connectivity index (χ0v) is 11.3. The molecule has 0 unspecified atom stereocenters. The molecule has 3 nitrogen and oxygen atoms in total. The molecule has 0 aliphatic rings. The first-order valence-corrected chi connectivity index (χ1v) is 7.01. The van der Waals surface area contributed by atoms with Gasteiger partial charge in [-0.2, -0.15) is 0 Å². The third-order valence-electron chi connectivity index (χ3n) is 2.43. The molecule has 0 N–H and O–H groups in total. The number of halogens is 1. The van der Waals surface area contributed by atoms with E-state index in [1.54, 1.807) is 6.07 Å². The van der Waals surface area contributed by atoms with E-state index in [2.05, 4.69) is 0 Å². The van der Waals surface area contributed by atoms with Gasteiger partial charge in [0.25, 0.3) is 0 Å². The number of benzene rings is 1. The molecule has 0 aromatic heterocycles. The minimum absolute atomic E-state index is 0.319. The van der Waals surface area contributed by atoms with Crippen LogP contribution in [-0.4, -0.2) is 26.8 Å². The van der Waals surface area contributed by atoms with E-state index in [0.717, 1.165) is 11.1 Å². The first-order valence-electron chi connectivity index (χ1n) is 5.03. The molecule has 0 radical (unpaired) electrons. The maximum atomic E-state index is 12.1. The second-order valence-corrected chi connectivity index (χ2v) is 6.10. The summed E-state index contributed by atoms with van der Waals surface area (Å²) in [6, 6.07) is 5.34. The molecule has 1 rings (SSSR count). The molecular weight excluding hydrogens is 246 g/mol. The summed E-state index contributed by atoms with van der Waals surface area (Å²) < 4.78 is 25.3. The molecular formula is C11H16ClNO2S. The van der Waals surface area contributed by atoms with E-state index in [0.29, 0.717) is 17.2 Å². The first-order chi connectivity index (χ1) is 7.43. The summed E-state index contributed by atoms with van der Waals surface area (Å²) in [5, 5.41) is 0. The number of aryl methyl sites for hydroxylation is 1. The summed E-state index contributed by atoms with van der Waals surface area (Å²) in [6.07, 6.45) is 0.685. The summed E-state index contributed by atoms with van der Waals surface area (Å²) >= 11 is 5.72. The molecule has 0 atom stereocenters. The van der Waals surface area contributed by atoms with E-state index >= 15 is 0 Å². The highest BCUT2D eigenvalue weighted by atomic mass is 35.5. The molecule has 0 aliphatic carbocycles. The Labute approximate surface area is 102 Å². The quantitative estimate of drug-likeness (QED) is 0.780. The fourth-order valence-electron chi connectivity index (χ4n) is 1.41. The largest absolute Gasteiger partial charge is 0.242 e. The van der Waals surface area contributed by atoms with Crippen molar-refractivity contribution in [3.05, 3.63) is 29.3 Å². The molecule has 0 fully saturated rings. The zero-order chi connectivity index (χ0) is 12.3. The Hall–Kier alpha value is -0.580. The number of hydrogen-bond donors (Lipinski definition) is 0.